The number of nitrogens with zero attached hydrogens (tertiary/aromatic N) is 1. The third-order valence-electron chi connectivity index (χ3n) is 2.23. The first-order valence-corrected chi connectivity index (χ1v) is 7.40. The molecule has 5 heteroatoms. The molecule has 0 unspecified atom stereocenters. The van der Waals surface area contributed by atoms with Crippen LogP contribution in [0.3, 0.4) is 0 Å². The minimum absolute atomic E-state index is 0.116. The van der Waals surface area contributed by atoms with Crippen molar-refractivity contribution in [2.45, 2.75) is 17.3 Å². The van der Waals surface area contributed by atoms with E-state index in [1.165, 1.54) is 11.5 Å². The van der Waals surface area contributed by atoms with Gasteiger partial charge in [0.05, 0.1) is 0 Å². The zero-order valence-electron chi connectivity index (χ0n) is 9.29. The van der Waals surface area contributed by atoms with Gasteiger partial charge in [0.2, 0.25) is 0 Å². The van der Waals surface area contributed by atoms with Gasteiger partial charge in [-0.25, -0.2) is 0 Å². The van der Waals surface area contributed by atoms with Crippen molar-refractivity contribution in [3.05, 3.63) is 0 Å². The van der Waals surface area contributed by atoms with Crippen LogP contribution in [-0.4, -0.2) is 52.0 Å². The highest BCUT2D eigenvalue weighted by molar-refractivity contribution is 14.1. The van der Waals surface area contributed by atoms with Gasteiger partial charge in [0, 0.05) is 31.1 Å². The molecule has 0 N–H and O–H groups in total. The van der Waals surface area contributed by atoms with Crippen LogP contribution in [0.5, 0.6) is 0 Å². The molecular weight excluding hydrogens is 325 g/mol. The predicted octanol–water partition coefficient (Wildman–Crippen LogP) is 1.79. The minimum atomic E-state index is -0.407. The van der Waals surface area contributed by atoms with E-state index in [4.69, 9.17) is 4.74 Å². The Morgan fingerprint density at radius 3 is 2.60 bits per heavy atom. The van der Waals surface area contributed by atoms with E-state index in [0.29, 0.717) is 6.61 Å². The van der Waals surface area contributed by atoms with Gasteiger partial charge in [-0.05, 0) is 13.8 Å². The molecule has 0 saturated carbocycles. The number of carbonyl (C=O) groups is 1. The second kappa shape index (κ2) is 6.30. The van der Waals surface area contributed by atoms with Crippen molar-refractivity contribution in [2.75, 3.05) is 37.7 Å². The van der Waals surface area contributed by atoms with Crippen LogP contribution < -0.4 is 0 Å². The summed E-state index contributed by atoms with van der Waals surface area (Å²) in [5, 5.41) is 0. The number of rotatable bonds is 4. The van der Waals surface area contributed by atoms with Gasteiger partial charge in [0.25, 0.3) is 0 Å². The Balaban J connectivity index is 2.12. The molecule has 0 aromatic carbocycles. The largest absolute Gasteiger partial charge is 0.463 e. The summed E-state index contributed by atoms with van der Waals surface area (Å²) in [4.78, 5) is 13.8. The maximum Gasteiger partial charge on any atom is 0.321 e. The fourth-order valence-electron chi connectivity index (χ4n) is 1.26. The van der Waals surface area contributed by atoms with Crippen LogP contribution in [0.15, 0.2) is 0 Å². The van der Waals surface area contributed by atoms with Crippen molar-refractivity contribution in [1.82, 2.24) is 4.90 Å². The zero-order valence-corrected chi connectivity index (χ0v) is 12.3. The molecule has 1 aliphatic heterocycles. The number of thioether (sulfide) groups is 1. The van der Waals surface area contributed by atoms with Gasteiger partial charge in [-0.3, -0.25) is 9.69 Å². The molecule has 0 aromatic rings. The first kappa shape index (κ1) is 13.6. The van der Waals surface area contributed by atoms with Gasteiger partial charge < -0.3 is 4.74 Å². The highest BCUT2D eigenvalue weighted by Gasteiger charge is 2.25. The molecule has 0 spiro atoms. The summed E-state index contributed by atoms with van der Waals surface area (Å²) in [5.41, 5.74) is 0. The number of alkyl halides is 1. The van der Waals surface area contributed by atoms with Crippen molar-refractivity contribution in [3.63, 3.8) is 0 Å². The Morgan fingerprint density at radius 1 is 1.47 bits per heavy atom. The number of ether oxygens (including phenoxy) is 1. The second-order valence-corrected chi connectivity index (χ2v) is 7.98. The summed E-state index contributed by atoms with van der Waals surface area (Å²) in [7, 11) is 0. The lowest BCUT2D eigenvalue weighted by atomic mass is 10.2. The van der Waals surface area contributed by atoms with Crippen molar-refractivity contribution in [1.29, 1.82) is 0 Å². The van der Waals surface area contributed by atoms with Gasteiger partial charge in [0.15, 0.2) is 0 Å². The van der Waals surface area contributed by atoms with Crippen LogP contribution in [0.4, 0.5) is 0 Å². The lowest BCUT2D eigenvalue weighted by molar-refractivity contribution is -0.145. The third kappa shape index (κ3) is 5.40. The molecule has 0 radical (unpaired) electrons. The van der Waals surface area contributed by atoms with Crippen molar-refractivity contribution >= 4 is 40.3 Å². The van der Waals surface area contributed by atoms with Gasteiger partial charge in [-0.2, -0.15) is 11.8 Å². The summed E-state index contributed by atoms with van der Waals surface area (Å²) in [6.45, 7) is 7.38. The van der Waals surface area contributed by atoms with E-state index in [0.717, 1.165) is 19.6 Å². The Kier molecular flexibility index (Phi) is 5.70. The molecule has 0 bridgehead atoms. The fourth-order valence-corrected chi connectivity index (χ4v) is 2.40. The molecule has 0 atom stereocenters. The van der Waals surface area contributed by atoms with E-state index in [9.17, 15) is 4.79 Å². The predicted molar refractivity (Wildman–Crippen MR) is 72.8 cm³/mol. The van der Waals surface area contributed by atoms with Crippen molar-refractivity contribution < 1.29 is 9.53 Å². The number of hydrogen-bond acceptors (Lipinski definition) is 4. The Morgan fingerprint density at radius 2 is 2.07 bits per heavy atom. The Hall–Kier alpha value is 0.510. The van der Waals surface area contributed by atoms with Gasteiger partial charge >= 0.3 is 5.97 Å². The molecule has 1 fully saturated rings. The third-order valence-corrected chi connectivity index (χ3v) is 3.61. The highest BCUT2D eigenvalue weighted by Crippen LogP contribution is 2.18. The second-order valence-electron chi connectivity index (χ2n) is 4.06. The first-order chi connectivity index (χ1) is 7.00. The molecule has 1 rings (SSSR count). The number of carbonyl (C=O) groups excluding carboxylic acids is 1. The lowest BCUT2D eigenvalue weighted by Gasteiger charge is -2.26. The normalized spacial score (nSPS) is 18.9. The molecule has 0 aliphatic carbocycles. The summed E-state index contributed by atoms with van der Waals surface area (Å²) >= 11 is 4.10. The molecule has 88 valence electrons. The van der Waals surface area contributed by atoms with Crippen LogP contribution in [0, 0.1) is 0 Å². The molecule has 1 aliphatic rings. The SMILES string of the molecule is CC(C)(I)C(=O)OCCN1CCSCC1. The first-order valence-electron chi connectivity index (χ1n) is 5.16. The molecule has 0 aromatic heterocycles. The topological polar surface area (TPSA) is 29.5 Å². The number of esters is 1. The van der Waals surface area contributed by atoms with Crippen LogP contribution in [0.25, 0.3) is 0 Å². The van der Waals surface area contributed by atoms with Gasteiger partial charge in [-0.1, -0.05) is 22.6 Å². The van der Waals surface area contributed by atoms with Crippen LogP contribution in [0.2, 0.25) is 0 Å². The van der Waals surface area contributed by atoms with E-state index >= 15 is 0 Å². The summed E-state index contributed by atoms with van der Waals surface area (Å²) in [6.07, 6.45) is 0. The van der Waals surface area contributed by atoms with E-state index < -0.39 is 3.42 Å². The van der Waals surface area contributed by atoms with E-state index in [1.54, 1.807) is 0 Å². The van der Waals surface area contributed by atoms with Gasteiger partial charge in [0.1, 0.15) is 10.0 Å². The molecule has 15 heavy (non-hydrogen) atoms. The smallest absolute Gasteiger partial charge is 0.321 e. The molecular formula is C10H18INO2S. The average molecular weight is 343 g/mol. The van der Waals surface area contributed by atoms with Crippen molar-refractivity contribution in [2.24, 2.45) is 0 Å². The van der Waals surface area contributed by atoms with Crippen LogP contribution >= 0.6 is 34.4 Å². The molecule has 0 amide bonds. The van der Waals surface area contributed by atoms with E-state index in [1.807, 2.05) is 25.6 Å². The Bertz CT molecular complexity index is 212. The number of halogens is 1. The average Bonchev–Trinajstić information content (AvgIpc) is 2.18. The summed E-state index contributed by atoms with van der Waals surface area (Å²) < 4.78 is 4.81. The van der Waals surface area contributed by atoms with Crippen LogP contribution in [0.1, 0.15) is 13.8 Å². The Labute approximate surface area is 109 Å². The number of hydrogen-bond donors (Lipinski definition) is 0. The standard InChI is InChI=1S/C10H18INO2S/c1-10(2,11)9(13)14-6-3-12-4-7-15-8-5-12/h3-8H2,1-2H3. The van der Waals surface area contributed by atoms with E-state index in [-0.39, 0.29) is 5.97 Å². The molecule has 1 saturated heterocycles. The van der Waals surface area contributed by atoms with E-state index in [2.05, 4.69) is 27.5 Å². The molecule has 3 nitrogen and oxygen atoms in total. The summed E-state index contributed by atoms with van der Waals surface area (Å²) in [6, 6.07) is 0. The minimum Gasteiger partial charge on any atom is -0.463 e. The van der Waals surface area contributed by atoms with Crippen molar-refractivity contribution in [3.8, 4) is 0 Å². The molecule has 1 heterocycles. The monoisotopic (exact) mass is 343 g/mol. The quantitative estimate of drug-likeness (QED) is 0.442. The highest BCUT2D eigenvalue weighted by atomic mass is 127. The fraction of sp³-hybridized carbons (Fsp3) is 0.900. The maximum absolute atomic E-state index is 11.5. The summed E-state index contributed by atoms with van der Waals surface area (Å²) in [5.74, 6) is 2.28. The lowest BCUT2D eigenvalue weighted by Crippen LogP contribution is -2.36. The maximum atomic E-state index is 11.5. The van der Waals surface area contributed by atoms with Gasteiger partial charge in [-0.15, -0.1) is 0 Å². The zero-order chi connectivity index (χ0) is 11.3. The van der Waals surface area contributed by atoms with Crippen LogP contribution in [-0.2, 0) is 9.53 Å².